The lowest BCUT2D eigenvalue weighted by atomic mass is 10.1. The normalized spacial score (nSPS) is 10.2. The summed E-state index contributed by atoms with van der Waals surface area (Å²) < 4.78 is 10.9. The Labute approximate surface area is 117 Å². The van der Waals surface area contributed by atoms with Crippen molar-refractivity contribution in [3.63, 3.8) is 0 Å². The highest BCUT2D eigenvalue weighted by atomic mass is 16.7. The second-order valence-corrected chi connectivity index (χ2v) is 4.33. The molecule has 2 rings (SSSR count). The zero-order valence-electron chi connectivity index (χ0n) is 11.2. The van der Waals surface area contributed by atoms with E-state index in [2.05, 4.69) is 0 Å². The van der Waals surface area contributed by atoms with Gasteiger partial charge in [-0.05, 0) is 24.6 Å². The van der Waals surface area contributed by atoms with Crippen LogP contribution in [0.4, 0.5) is 0 Å². The van der Waals surface area contributed by atoms with E-state index in [1.54, 1.807) is 25.1 Å². The average molecular weight is 272 g/mol. The Balaban J connectivity index is 1.88. The fourth-order valence-corrected chi connectivity index (χ4v) is 1.84. The number of hydrogen-bond acceptors (Lipinski definition) is 3. The third kappa shape index (κ3) is 3.59. The molecule has 2 aromatic rings. The predicted molar refractivity (Wildman–Crippen MR) is 74.9 cm³/mol. The molecular weight excluding hydrogens is 256 g/mol. The van der Waals surface area contributed by atoms with Gasteiger partial charge >= 0.3 is 5.97 Å². The first-order valence-electron chi connectivity index (χ1n) is 6.26. The van der Waals surface area contributed by atoms with E-state index < -0.39 is 5.97 Å². The summed E-state index contributed by atoms with van der Waals surface area (Å²) in [7, 11) is 0. The van der Waals surface area contributed by atoms with Crippen LogP contribution in [0.2, 0.25) is 0 Å². The van der Waals surface area contributed by atoms with E-state index in [0.717, 1.165) is 5.56 Å². The Morgan fingerprint density at radius 1 is 1.10 bits per heavy atom. The summed E-state index contributed by atoms with van der Waals surface area (Å²) in [6, 6.07) is 14.7. The van der Waals surface area contributed by atoms with Crippen LogP contribution in [0.3, 0.4) is 0 Å². The minimum absolute atomic E-state index is 0.0821. The minimum Gasteiger partial charge on any atom is -0.478 e. The van der Waals surface area contributed by atoms with Gasteiger partial charge < -0.3 is 14.6 Å². The molecule has 0 amide bonds. The summed E-state index contributed by atoms with van der Waals surface area (Å²) in [4.78, 5) is 11.0. The number of rotatable bonds is 6. The first kappa shape index (κ1) is 14.1. The summed E-state index contributed by atoms with van der Waals surface area (Å²) >= 11 is 0. The van der Waals surface area contributed by atoms with E-state index in [9.17, 15) is 4.79 Å². The third-order valence-corrected chi connectivity index (χ3v) is 2.92. The van der Waals surface area contributed by atoms with E-state index in [4.69, 9.17) is 14.6 Å². The van der Waals surface area contributed by atoms with Gasteiger partial charge in [0.25, 0.3) is 0 Å². The first-order chi connectivity index (χ1) is 9.68. The van der Waals surface area contributed by atoms with Gasteiger partial charge in [-0.3, -0.25) is 0 Å². The van der Waals surface area contributed by atoms with Crippen LogP contribution in [0.25, 0.3) is 0 Å². The van der Waals surface area contributed by atoms with Crippen LogP contribution in [-0.4, -0.2) is 17.9 Å². The third-order valence-electron chi connectivity index (χ3n) is 2.92. The zero-order valence-corrected chi connectivity index (χ0v) is 11.2. The highest BCUT2D eigenvalue weighted by molar-refractivity contribution is 5.90. The molecule has 20 heavy (non-hydrogen) atoms. The molecule has 0 unspecified atom stereocenters. The van der Waals surface area contributed by atoms with Crippen molar-refractivity contribution in [2.45, 2.75) is 13.5 Å². The van der Waals surface area contributed by atoms with E-state index >= 15 is 0 Å². The van der Waals surface area contributed by atoms with E-state index in [-0.39, 0.29) is 12.4 Å². The first-order valence-corrected chi connectivity index (χ1v) is 6.26. The second-order valence-electron chi connectivity index (χ2n) is 4.33. The molecule has 0 spiro atoms. The minimum atomic E-state index is -0.960. The van der Waals surface area contributed by atoms with Gasteiger partial charge in [0.05, 0.1) is 12.2 Å². The Bertz CT molecular complexity index is 578. The Morgan fingerprint density at radius 2 is 1.85 bits per heavy atom. The van der Waals surface area contributed by atoms with Crippen molar-refractivity contribution in [2.24, 2.45) is 0 Å². The standard InChI is InChI=1S/C16H16O4/c1-12-14(16(17)18)8-5-9-15(12)20-11-19-10-13-6-3-2-4-7-13/h2-9H,10-11H2,1H3,(H,17,18). The van der Waals surface area contributed by atoms with Crippen LogP contribution in [0.5, 0.6) is 5.75 Å². The van der Waals surface area contributed by atoms with Gasteiger partial charge in [0.1, 0.15) is 5.75 Å². The lowest BCUT2D eigenvalue weighted by molar-refractivity contribution is 0.00458. The molecule has 0 radical (unpaired) electrons. The summed E-state index contributed by atoms with van der Waals surface area (Å²) in [5, 5.41) is 9.02. The molecule has 0 saturated carbocycles. The molecular formula is C16H16O4. The van der Waals surface area contributed by atoms with Crippen LogP contribution in [-0.2, 0) is 11.3 Å². The largest absolute Gasteiger partial charge is 0.478 e. The number of benzene rings is 2. The van der Waals surface area contributed by atoms with Crippen molar-refractivity contribution < 1.29 is 19.4 Å². The summed E-state index contributed by atoms with van der Waals surface area (Å²) in [5.41, 5.74) is 1.90. The Hall–Kier alpha value is -2.33. The van der Waals surface area contributed by atoms with E-state index in [1.807, 2.05) is 30.3 Å². The molecule has 1 N–H and O–H groups in total. The van der Waals surface area contributed by atoms with Crippen LogP contribution in [0, 0.1) is 6.92 Å². The van der Waals surface area contributed by atoms with Gasteiger partial charge in [0, 0.05) is 5.56 Å². The Morgan fingerprint density at radius 3 is 2.55 bits per heavy atom. The maximum atomic E-state index is 11.0. The number of hydrogen-bond donors (Lipinski definition) is 1. The topological polar surface area (TPSA) is 55.8 Å². The van der Waals surface area contributed by atoms with E-state index in [0.29, 0.717) is 17.9 Å². The van der Waals surface area contributed by atoms with Gasteiger partial charge in [-0.25, -0.2) is 4.79 Å². The van der Waals surface area contributed by atoms with Crippen molar-refractivity contribution in [3.05, 3.63) is 65.2 Å². The lowest BCUT2D eigenvalue weighted by Crippen LogP contribution is -2.06. The highest BCUT2D eigenvalue weighted by Gasteiger charge is 2.10. The molecule has 4 heteroatoms. The van der Waals surface area contributed by atoms with Crippen LogP contribution in [0.15, 0.2) is 48.5 Å². The molecule has 104 valence electrons. The number of carbonyl (C=O) groups is 1. The van der Waals surface area contributed by atoms with Crippen molar-refractivity contribution in [1.29, 1.82) is 0 Å². The molecule has 0 aliphatic heterocycles. The number of carboxylic acids is 1. The maximum absolute atomic E-state index is 11.0. The molecule has 2 aromatic carbocycles. The van der Waals surface area contributed by atoms with Crippen LogP contribution >= 0.6 is 0 Å². The molecule has 0 bridgehead atoms. The summed E-state index contributed by atoms with van der Waals surface area (Å²) in [5.74, 6) is -0.434. The fourth-order valence-electron chi connectivity index (χ4n) is 1.84. The molecule has 0 heterocycles. The smallest absolute Gasteiger partial charge is 0.336 e. The summed E-state index contributed by atoms with van der Waals surface area (Å²) in [6.45, 7) is 2.26. The van der Waals surface area contributed by atoms with Gasteiger partial charge in [0.2, 0.25) is 0 Å². The molecule has 0 aliphatic carbocycles. The quantitative estimate of drug-likeness (QED) is 0.648. The average Bonchev–Trinajstić information content (AvgIpc) is 2.46. The fraction of sp³-hybridized carbons (Fsp3) is 0.188. The number of ether oxygens (including phenoxy) is 2. The van der Waals surface area contributed by atoms with E-state index in [1.165, 1.54) is 0 Å². The molecule has 0 fully saturated rings. The molecule has 0 saturated heterocycles. The van der Waals surface area contributed by atoms with Gasteiger partial charge in [-0.1, -0.05) is 36.4 Å². The maximum Gasteiger partial charge on any atom is 0.336 e. The van der Waals surface area contributed by atoms with Crippen molar-refractivity contribution >= 4 is 5.97 Å². The Kier molecular flexibility index (Phi) is 4.74. The van der Waals surface area contributed by atoms with Gasteiger partial charge in [0.15, 0.2) is 6.79 Å². The van der Waals surface area contributed by atoms with Crippen molar-refractivity contribution in [2.75, 3.05) is 6.79 Å². The molecule has 0 aromatic heterocycles. The van der Waals surface area contributed by atoms with Crippen molar-refractivity contribution in [3.8, 4) is 5.75 Å². The monoisotopic (exact) mass is 272 g/mol. The number of carboxylic acid groups (broad SMARTS) is 1. The molecule has 4 nitrogen and oxygen atoms in total. The molecule has 0 aliphatic rings. The number of aromatic carboxylic acids is 1. The SMILES string of the molecule is Cc1c(OCOCc2ccccc2)cccc1C(=O)O. The second kappa shape index (κ2) is 6.73. The highest BCUT2D eigenvalue weighted by Crippen LogP contribution is 2.21. The van der Waals surface area contributed by atoms with Gasteiger partial charge in [-0.2, -0.15) is 0 Å². The molecule has 0 atom stereocenters. The van der Waals surface area contributed by atoms with Crippen LogP contribution < -0.4 is 4.74 Å². The predicted octanol–water partition coefficient (Wildman–Crippen LogP) is 3.25. The zero-order chi connectivity index (χ0) is 14.4. The van der Waals surface area contributed by atoms with Crippen LogP contribution in [0.1, 0.15) is 21.5 Å². The lowest BCUT2D eigenvalue weighted by Gasteiger charge is -2.11. The summed E-state index contributed by atoms with van der Waals surface area (Å²) in [6.07, 6.45) is 0. The van der Waals surface area contributed by atoms with Gasteiger partial charge in [-0.15, -0.1) is 0 Å². The van der Waals surface area contributed by atoms with Crippen molar-refractivity contribution in [1.82, 2.24) is 0 Å².